The molecule has 1 aromatic carbocycles. The number of aromatic amines is 1. The molecule has 5 heterocycles. The van der Waals surface area contributed by atoms with Gasteiger partial charge in [0.2, 0.25) is 0 Å². The number of allylic oxidation sites excluding steroid dienone is 1. The highest BCUT2D eigenvalue weighted by molar-refractivity contribution is 6.06. The molecule has 3 aliphatic rings. The van der Waals surface area contributed by atoms with Crippen LogP contribution in [0, 0.1) is 0 Å². The van der Waals surface area contributed by atoms with Gasteiger partial charge in [-0.3, -0.25) is 19.8 Å². The van der Waals surface area contributed by atoms with Crippen LogP contribution in [0.4, 0.5) is 8.78 Å². The fraction of sp³-hybridized carbons (Fsp3) is 0.407. The third kappa shape index (κ3) is 5.30. The molecule has 1 amide bonds. The van der Waals surface area contributed by atoms with E-state index in [4.69, 9.17) is 0 Å². The SMILES string of the molecule is O=C(NC1=CN=C(N2CCNCC2)CC1)c1n[nH]c2ccc(-c3cncc(CN4CCC(F)(F)C4)c3)cc12. The van der Waals surface area contributed by atoms with E-state index in [1.807, 2.05) is 24.3 Å². The van der Waals surface area contributed by atoms with Gasteiger partial charge in [-0.15, -0.1) is 0 Å². The number of pyridine rings is 1. The molecule has 3 aromatic rings. The van der Waals surface area contributed by atoms with Crippen molar-refractivity contribution >= 4 is 22.6 Å². The normalized spacial score (nSPS) is 19.9. The molecule has 0 bridgehead atoms. The monoisotopic (exact) mass is 520 g/mol. The van der Waals surface area contributed by atoms with E-state index in [1.165, 1.54) is 0 Å². The average molecular weight is 521 g/mol. The Morgan fingerprint density at radius 3 is 2.71 bits per heavy atom. The van der Waals surface area contributed by atoms with Crippen molar-refractivity contribution in [1.29, 1.82) is 0 Å². The molecule has 0 aliphatic carbocycles. The molecule has 2 aromatic heterocycles. The maximum Gasteiger partial charge on any atom is 0.276 e. The van der Waals surface area contributed by atoms with Crippen molar-refractivity contribution in [2.45, 2.75) is 31.7 Å². The highest BCUT2D eigenvalue weighted by Crippen LogP contribution is 2.29. The summed E-state index contributed by atoms with van der Waals surface area (Å²) in [5.41, 5.74) is 4.42. The first-order chi connectivity index (χ1) is 18.4. The zero-order valence-electron chi connectivity index (χ0n) is 21.0. The van der Waals surface area contributed by atoms with Gasteiger partial charge in [-0.1, -0.05) is 6.07 Å². The van der Waals surface area contributed by atoms with Crippen molar-refractivity contribution in [1.82, 2.24) is 35.6 Å². The zero-order valence-corrected chi connectivity index (χ0v) is 21.0. The third-order valence-corrected chi connectivity index (χ3v) is 7.30. The molecule has 198 valence electrons. The van der Waals surface area contributed by atoms with Crippen LogP contribution in [0.1, 0.15) is 35.3 Å². The third-order valence-electron chi connectivity index (χ3n) is 7.30. The lowest BCUT2D eigenvalue weighted by molar-refractivity contribution is 0.0115. The molecule has 3 N–H and O–H groups in total. The fourth-order valence-corrected chi connectivity index (χ4v) is 5.29. The van der Waals surface area contributed by atoms with Gasteiger partial charge in [-0.2, -0.15) is 5.10 Å². The minimum atomic E-state index is -2.62. The molecule has 3 aliphatic heterocycles. The Morgan fingerprint density at radius 1 is 1.08 bits per heavy atom. The number of benzene rings is 1. The lowest BCUT2D eigenvalue weighted by Gasteiger charge is -2.31. The number of rotatable bonds is 5. The second-order valence-corrected chi connectivity index (χ2v) is 10.1. The maximum absolute atomic E-state index is 13.6. The van der Waals surface area contributed by atoms with Crippen molar-refractivity contribution in [3.05, 3.63) is 59.8 Å². The fourth-order valence-electron chi connectivity index (χ4n) is 5.29. The Morgan fingerprint density at radius 2 is 1.95 bits per heavy atom. The van der Waals surface area contributed by atoms with Gasteiger partial charge < -0.3 is 15.5 Å². The van der Waals surface area contributed by atoms with E-state index >= 15 is 0 Å². The molecular weight excluding hydrogens is 490 g/mol. The van der Waals surface area contributed by atoms with Gasteiger partial charge in [0.15, 0.2) is 5.69 Å². The number of piperazine rings is 1. The van der Waals surface area contributed by atoms with Gasteiger partial charge in [0.05, 0.1) is 12.1 Å². The molecule has 0 unspecified atom stereocenters. The molecule has 6 rings (SSSR count). The lowest BCUT2D eigenvalue weighted by Crippen LogP contribution is -2.46. The number of alkyl halides is 2. The van der Waals surface area contributed by atoms with E-state index < -0.39 is 5.92 Å². The number of hydrogen-bond donors (Lipinski definition) is 3. The maximum atomic E-state index is 13.6. The van der Waals surface area contributed by atoms with E-state index in [9.17, 15) is 13.6 Å². The van der Waals surface area contributed by atoms with E-state index in [-0.39, 0.29) is 18.9 Å². The van der Waals surface area contributed by atoms with Crippen molar-refractivity contribution < 1.29 is 13.6 Å². The summed E-state index contributed by atoms with van der Waals surface area (Å²) in [6.07, 6.45) is 6.59. The largest absolute Gasteiger partial charge is 0.358 e. The minimum absolute atomic E-state index is 0.108. The zero-order chi connectivity index (χ0) is 26.1. The van der Waals surface area contributed by atoms with Crippen LogP contribution in [0.25, 0.3) is 22.0 Å². The van der Waals surface area contributed by atoms with E-state index in [0.29, 0.717) is 30.6 Å². The van der Waals surface area contributed by atoms with E-state index in [1.54, 1.807) is 23.5 Å². The Labute approximate surface area is 219 Å². The lowest BCUT2D eigenvalue weighted by atomic mass is 10.0. The van der Waals surface area contributed by atoms with Gasteiger partial charge in [-0.25, -0.2) is 13.8 Å². The topological polar surface area (TPSA) is 102 Å². The van der Waals surface area contributed by atoms with Crippen LogP contribution in [0.3, 0.4) is 0 Å². The number of amides is 1. The number of nitrogens with one attached hydrogen (secondary N) is 3. The predicted molar refractivity (Wildman–Crippen MR) is 141 cm³/mol. The Bertz CT molecular complexity index is 1410. The Hall–Kier alpha value is -3.70. The number of halogens is 2. The molecule has 0 spiro atoms. The molecule has 38 heavy (non-hydrogen) atoms. The number of fused-ring (bicyclic) bond motifs is 1. The predicted octanol–water partition coefficient (Wildman–Crippen LogP) is 3.13. The highest BCUT2D eigenvalue weighted by atomic mass is 19.3. The second kappa shape index (κ2) is 10.2. The summed E-state index contributed by atoms with van der Waals surface area (Å²) in [6, 6.07) is 7.69. The number of hydrogen-bond acceptors (Lipinski definition) is 7. The quantitative estimate of drug-likeness (QED) is 0.478. The smallest absolute Gasteiger partial charge is 0.276 e. The summed E-state index contributed by atoms with van der Waals surface area (Å²) in [4.78, 5) is 26.1. The molecule has 0 atom stereocenters. The molecule has 0 radical (unpaired) electrons. The molecule has 9 nitrogen and oxygen atoms in total. The number of aromatic nitrogens is 3. The van der Waals surface area contributed by atoms with Crippen molar-refractivity contribution in [2.24, 2.45) is 4.99 Å². The van der Waals surface area contributed by atoms with Crippen LogP contribution < -0.4 is 10.6 Å². The van der Waals surface area contributed by atoms with Gasteiger partial charge >= 0.3 is 0 Å². The van der Waals surface area contributed by atoms with Gasteiger partial charge in [0.1, 0.15) is 5.84 Å². The van der Waals surface area contributed by atoms with Crippen LogP contribution in [-0.4, -0.2) is 81.9 Å². The minimum Gasteiger partial charge on any atom is -0.358 e. The second-order valence-electron chi connectivity index (χ2n) is 10.1. The number of carbonyl (C=O) groups is 1. The number of H-pyrrole nitrogens is 1. The number of amidine groups is 1. The van der Waals surface area contributed by atoms with E-state index in [0.717, 1.165) is 66.3 Å². The first-order valence-corrected chi connectivity index (χ1v) is 13.0. The first kappa shape index (κ1) is 24.6. The molecule has 11 heteroatoms. The number of likely N-dealkylation sites (tertiary alicyclic amines) is 1. The van der Waals surface area contributed by atoms with Crippen molar-refractivity contribution in [3.63, 3.8) is 0 Å². The van der Waals surface area contributed by atoms with Gasteiger partial charge in [0.25, 0.3) is 11.8 Å². The van der Waals surface area contributed by atoms with Gasteiger partial charge in [0, 0.05) is 87.4 Å². The summed E-state index contributed by atoms with van der Waals surface area (Å²) < 4.78 is 27.2. The van der Waals surface area contributed by atoms with Crippen LogP contribution in [-0.2, 0) is 6.54 Å². The molecular formula is C27H30F2N8O. The average Bonchev–Trinajstić information content (AvgIpc) is 3.51. The summed E-state index contributed by atoms with van der Waals surface area (Å²) in [5.74, 6) is -1.85. The highest BCUT2D eigenvalue weighted by Gasteiger charge is 2.37. The van der Waals surface area contributed by atoms with Crippen molar-refractivity contribution in [2.75, 3.05) is 39.3 Å². The van der Waals surface area contributed by atoms with Crippen LogP contribution in [0.15, 0.2) is 53.5 Å². The first-order valence-electron chi connectivity index (χ1n) is 13.0. The summed E-state index contributed by atoms with van der Waals surface area (Å²) in [6.45, 7) is 4.37. The summed E-state index contributed by atoms with van der Waals surface area (Å²) in [7, 11) is 0. The summed E-state index contributed by atoms with van der Waals surface area (Å²) >= 11 is 0. The Balaban J connectivity index is 1.18. The number of nitrogens with zero attached hydrogens (tertiary/aromatic N) is 5. The Kier molecular flexibility index (Phi) is 6.62. The van der Waals surface area contributed by atoms with Crippen molar-refractivity contribution in [3.8, 4) is 11.1 Å². The van der Waals surface area contributed by atoms with Crippen LogP contribution in [0.5, 0.6) is 0 Å². The molecule has 0 saturated carbocycles. The van der Waals surface area contributed by atoms with Crippen LogP contribution >= 0.6 is 0 Å². The molecule has 2 saturated heterocycles. The van der Waals surface area contributed by atoms with Gasteiger partial charge in [-0.05, 0) is 35.7 Å². The van der Waals surface area contributed by atoms with E-state index in [2.05, 4.69) is 35.7 Å². The number of carbonyl (C=O) groups excluding carboxylic acids is 1. The summed E-state index contributed by atoms with van der Waals surface area (Å²) in [5, 5.41) is 14.2. The van der Waals surface area contributed by atoms with Crippen LogP contribution in [0.2, 0.25) is 0 Å². The molecule has 2 fully saturated rings. The number of aliphatic imine (C=N–C) groups is 1. The standard InChI is InChI=1S/C27H30F2N8O/c28-27(29)5-8-36(17-27)16-18-11-20(14-31-13-18)19-1-3-23-22(12-19)25(35-34-23)26(38)33-21-2-4-24(32-15-21)37-9-6-30-7-10-37/h1,3,11-15,30H,2,4-10,16-17H2,(H,33,38)(H,34,35).